The van der Waals surface area contributed by atoms with E-state index in [1.165, 1.54) is 10.4 Å². The number of sulfonamides is 1. The number of nitrogens with zero attached hydrogens (tertiary/aromatic N) is 3. The van der Waals surface area contributed by atoms with Gasteiger partial charge in [-0.3, -0.25) is 4.31 Å². The highest BCUT2D eigenvalue weighted by atomic mass is 32.2. The minimum atomic E-state index is -3.61. The third-order valence-corrected chi connectivity index (χ3v) is 8.52. The van der Waals surface area contributed by atoms with Crippen molar-refractivity contribution in [3.05, 3.63) is 54.5 Å². The SMILES string of the molecule is CCCS(=O)(=O)N1CCOc2c(F)cc(-c3cc(-c4ccc(N5CCNCC5)cc4)cnc3N)cc21. The lowest BCUT2D eigenvalue weighted by Gasteiger charge is -2.31. The number of benzene rings is 2. The van der Waals surface area contributed by atoms with Crippen LogP contribution in [-0.4, -0.2) is 58.5 Å². The fraction of sp³-hybridized carbons (Fsp3) is 0.346. The molecule has 0 atom stereocenters. The average Bonchev–Trinajstić information content (AvgIpc) is 2.89. The molecule has 190 valence electrons. The van der Waals surface area contributed by atoms with Crippen molar-refractivity contribution < 1.29 is 17.5 Å². The maximum absolute atomic E-state index is 15.1. The Labute approximate surface area is 210 Å². The number of nitrogens with one attached hydrogen (secondary N) is 1. The normalized spacial score (nSPS) is 15.9. The second-order valence-corrected chi connectivity index (χ2v) is 11.0. The van der Waals surface area contributed by atoms with E-state index in [2.05, 4.69) is 27.3 Å². The molecule has 0 unspecified atom stereocenters. The summed E-state index contributed by atoms with van der Waals surface area (Å²) in [6, 6.07) is 13.0. The molecule has 3 heterocycles. The molecule has 0 bridgehead atoms. The summed E-state index contributed by atoms with van der Waals surface area (Å²) < 4.78 is 47.6. The van der Waals surface area contributed by atoms with E-state index in [-0.39, 0.29) is 36.2 Å². The lowest BCUT2D eigenvalue weighted by atomic mass is 9.99. The van der Waals surface area contributed by atoms with Crippen LogP contribution >= 0.6 is 0 Å². The molecule has 36 heavy (non-hydrogen) atoms. The van der Waals surface area contributed by atoms with Gasteiger partial charge < -0.3 is 20.7 Å². The summed E-state index contributed by atoms with van der Waals surface area (Å²) >= 11 is 0. The Morgan fingerprint density at radius 2 is 1.81 bits per heavy atom. The Balaban J connectivity index is 1.51. The van der Waals surface area contributed by atoms with Crippen molar-refractivity contribution in [2.24, 2.45) is 0 Å². The second-order valence-electron chi connectivity index (χ2n) is 8.98. The van der Waals surface area contributed by atoms with Crippen molar-refractivity contribution in [1.29, 1.82) is 0 Å². The van der Waals surface area contributed by atoms with Crippen LogP contribution < -0.4 is 25.0 Å². The monoisotopic (exact) mass is 511 g/mol. The van der Waals surface area contributed by atoms with Gasteiger partial charge in [-0.2, -0.15) is 0 Å². The highest BCUT2D eigenvalue weighted by Gasteiger charge is 2.31. The van der Waals surface area contributed by atoms with Crippen molar-refractivity contribution in [3.63, 3.8) is 0 Å². The lowest BCUT2D eigenvalue weighted by Crippen LogP contribution is -2.43. The molecule has 3 N–H and O–H groups in total. The van der Waals surface area contributed by atoms with Crippen LogP contribution in [0.1, 0.15) is 13.3 Å². The van der Waals surface area contributed by atoms with E-state index in [1.54, 1.807) is 19.2 Å². The summed E-state index contributed by atoms with van der Waals surface area (Å²) in [6.45, 7) is 5.88. The average molecular weight is 512 g/mol. The number of hydrogen-bond acceptors (Lipinski definition) is 7. The van der Waals surface area contributed by atoms with E-state index in [1.807, 2.05) is 18.2 Å². The van der Waals surface area contributed by atoms with Crippen molar-refractivity contribution >= 4 is 27.2 Å². The number of hydrogen-bond donors (Lipinski definition) is 2. The van der Waals surface area contributed by atoms with Crippen LogP contribution in [0.25, 0.3) is 22.3 Å². The Bertz CT molecular complexity index is 1360. The second kappa shape index (κ2) is 9.94. The van der Waals surface area contributed by atoms with Gasteiger partial charge in [-0.05, 0) is 47.9 Å². The molecule has 0 radical (unpaired) electrons. The zero-order chi connectivity index (χ0) is 25.3. The smallest absolute Gasteiger partial charge is 0.235 e. The molecular formula is C26H30FN5O3S. The van der Waals surface area contributed by atoms with E-state index < -0.39 is 15.8 Å². The largest absolute Gasteiger partial charge is 0.486 e. The lowest BCUT2D eigenvalue weighted by molar-refractivity contribution is 0.299. The van der Waals surface area contributed by atoms with Crippen LogP contribution in [0.15, 0.2) is 48.7 Å². The van der Waals surface area contributed by atoms with E-state index in [9.17, 15) is 8.42 Å². The fourth-order valence-corrected chi connectivity index (χ4v) is 6.25. The molecule has 0 aliphatic carbocycles. The minimum Gasteiger partial charge on any atom is -0.486 e. The molecule has 1 aromatic heterocycles. The number of nitrogen functional groups attached to an aromatic ring is 1. The molecule has 10 heteroatoms. The van der Waals surface area contributed by atoms with Gasteiger partial charge in [0, 0.05) is 49.2 Å². The third-order valence-electron chi connectivity index (χ3n) is 6.54. The Hall–Kier alpha value is -3.37. The van der Waals surface area contributed by atoms with Crippen molar-refractivity contribution in [3.8, 4) is 28.0 Å². The first-order valence-electron chi connectivity index (χ1n) is 12.2. The maximum Gasteiger partial charge on any atom is 0.235 e. The van der Waals surface area contributed by atoms with Crippen LogP contribution in [0.2, 0.25) is 0 Å². The summed E-state index contributed by atoms with van der Waals surface area (Å²) in [6.07, 6.45) is 2.15. The summed E-state index contributed by atoms with van der Waals surface area (Å²) in [5, 5.41) is 3.36. The predicted molar refractivity (Wildman–Crippen MR) is 141 cm³/mol. The van der Waals surface area contributed by atoms with Gasteiger partial charge in [-0.15, -0.1) is 0 Å². The van der Waals surface area contributed by atoms with Gasteiger partial charge in [-0.25, -0.2) is 17.8 Å². The number of piperazine rings is 1. The topological polar surface area (TPSA) is 101 Å². The zero-order valence-electron chi connectivity index (χ0n) is 20.2. The number of rotatable bonds is 6. The third kappa shape index (κ3) is 4.70. The van der Waals surface area contributed by atoms with E-state index in [0.717, 1.165) is 43.0 Å². The molecule has 0 saturated carbocycles. The molecule has 2 aromatic carbocycles. The Morgan fingerprint density at radius 1 is 1.06 bits per heavy atom. The summed E-state index contributed by atoms with van der Waals surface area (Å²) in [5.41, 5.74) is 10.3. The molecule has 3 aromatic rings. The summed E-state index contributed by atoms with van der Waals surface area (Å²) in [7, 11) is -3.61. The molecule has 8 nitrogen and oxygen atoms in total. The number of ether oxygens (including phenoxy) is 1. The number of aromatic nitrogens is 1. The van der Waals surface area contributed by atoms with Crippen molar-refractivity contribution in [2.45, 2.75) is 13.3 Å². The van der Waals surface area contributed by atoms with E-state index in [4.69, 9.17) is 10.5 Å². The van der Waals surface area contributed by atoms with Crippen LogP contribution in [0.3, 0.4) is 0 Å². The zero-order valence-corrected chi connectivity index (χ0v) is 21.0. The highest BCUT2D eigenvalue weighted by molar-refractivity contribution is 7.92. The molecule has 0 spiro atoms. The van der Waals surface area contributed by atoms with Crippen LogP contribution in [-0.2, 0) is 10.0 Å². The summed E-state index contributed by atoms with van der Waals surface area (Å²) in [4.78, 5) is 6.69. The predicted octanol–water partition coefficient (Wildman–Crippen LogP) is 3.49. The van der Waals surface area contributed by atoms with Crippen LogP contribution in [0, 0.1) is 5.82 Å². The first-order valence-corrected chi connectivity index (χ1v) is 13.8. The first kappa shape index (κ1) is 24.3. The van der Waals surface area contributed by atoms with Gasteiger partial charge in [-0.1, -0.05) is 19.1 Å². The maximum atomic E-state index is 15.1. The Morgan fingerprint density at radius 3 is 2.53 bits per heavy atom. The minimum absolute atomic E-state index is 0.0264. The number of halogens is 1. The van der Waals surface area contributed by atoms with Gasteiger partial charge in [0.05, 0.1) is 18.0 Å². The Kier molecular flexibility index (Phi) is 6.72. The van der Waals surface area contributed by atoms with E-state index in [0.29, 0.717) is 17.5 Å². The molecule has 2 aliphatic rings. The quantitative estimate of drug-likeness (QED) is 0.523. The molecule has 5 rings (SSSR count). The summed E-state index contributed by atoms with van der Waals surface area (Å²) in [5.74, 6) is -0.489. The van der Waals surface area contributed by atoms with E-state index >= 15 is 4.39 Å². The van der Waals surface area contributed by atoms with Gasteiger partial charge >= 0.3 is 0 Å². The molecule has 0 amide bonds. The highest BCUT2D eigenvalue weighted by Crippen LogP contribution is 2.41. The van der Waals surface area contributed by atoms with Gasteiger partial charge in [0.1, 0.15) is 12.4 Å². The van der Waals surface area contributed by atoms with Crippen molar-refractivity contribution in [2.75, 3.05) is 60.0 Å². The molecule has 1 saturated heterocycles. The van der Waals surface area contributed by atoms with Gasteiger partial charge in [0.15, 0.2) is 11.6 Å². The number of pyridine rings is 1. The van der Waals surface area contributed by atoms with Gasteiger partial charge in [0.2, 0.25) is 10.0 Å². The molecular weight excluding hydrogens is 481 g/mol. The fourth-order valence-electron chi connectivity index (χ4n) is 4.72. The molecule has 2 aliphatic heterocycles. The standard InChI is InChI=1S/C26H30FN5O3S/c1-2-13-36(33,34)32-11-12-35-25-23(27)15-19(16-24(25)32)22-14-20(17-30-26(22)28)18-3-5-21(6-4-18)31-9-7-29-8-10-31/h3-6,14-17,29H,2,7-13H2,1H3,(H2,28,30). The van der Waals surface area contributed by atoms with Gasteiger partial charge in [0.25, 0.3) is 0 Å². The van der Waals surface area contributed by atoms with Crippen LogP contribution in [0.5, 0.6) is 5.75 Å². The first-order chi connectivity index (χ1) is 17.4. The molecule has 1 fully saturated rings. The van der Waals surface area contributed by atoms with Crippen molar-refractivity contribution in [1.82, 2.24) is 10.3 Å². The van der Waals surface area contributed by atoms with Crippen LogP contribution in [0.4, 0.5) is 21.6 Å². The number of fused-ring (bicyclic) bond motifs is 1. The number of anilines is 3. The number of nitrogens with two attached hydrogens (primary N) is 1.